The van der Waals surface area contributed by atoms with Gasteiger partial charge in [-0.3, -0.25) is 0 Å². The minimum atomic E-state index is 0.456. The Morgan fingerprint density at radius 3 is 1.77 bits per heavy atom. The van der Waals surface area contributed by atoms with E-state index in [-0.39, 0.29) is 0 Å². The second-order valence-corrected chi connectivity index (χ2v) is 4.56. The molecule has 0 spiro atoms. The van der Waals surface area contributed by atoms with Crippen LogP contribution < -0.4 is 29.4 Å². The third-order valence-corrected chi connectivity index (χ3v) is 3.55. The number of methoxy groups -OCH3 is 5. The number of fused-ring (bicyclic) bond motifs is 1. The van der Waals surface area contributed by atoms with E-state index in [0.29, 0.717) is 41.8 Å². The Balaban J connectivity index is 2.98. The van der Waals surface area contributed by atoms with Gasteiger partial charge in [-0.05, 0) is 13.0 Å². The van der Waals surface area contributed by atoms with E-state index in [1.807, 2.05) is 0 Å². The number of aromatic nitrogens is 1. The van der Waals surface area contributed by atoms with Gasteiger partial charge in [-0.1, -0.05) is 0 Å². The number of nitrogens with one attached hydrogen (secondary N) is 1. The first-order chi connectivity index (χ1) is 10.7. The van der Waals surface area contributed by atoms with Crippen LogP contribution in [-0.2, 0) is 6.42 Å². The largest absolute Gasteiger partial charge is 0.492 e. The van der Waals surface area contributed by atoms with E-state index in [2.05, 4.69) is 4.98 Å². The molecule has 0 saturated carbocycles. The van der Waals surface area contributed by atoms with Crippen LogP contribution in [0.15, 0.2) is 0 Å². The second-order valence-electron chi connectivity index (χ2n) is 4.56. The Morgan fingerprint density at radius 2 is 1.32 bits per heavy atom. The molecule has 0 aliphatic rings. The molecule has 7 heteroatoms. The average Bonchev–Trinajstić information content (AvgIpc) is 2.91. The van der Waals surface area contributed by atoms with Gasteiger partial charge in [0.2, 0.25) is 11.5 Å². The van der Waals surface area contributed by atoms with Crippen molar-refractivity contribution in [3.63, 3.8) is 0 Å². The molecule has 122 valence electrons. The maximum Gasteiger partial charge on any atom is 0.209 e. The maximum atomic E-state index is 5.73. The quantitative estimate of drug-likeness (QED) is 0.809. The topological polar surface area (TPSA) is 88.0 Å². The highest BCUT2D eigenvalue weighted by atomic mass is 16.5. The van der Waals surface area contributed by atoms with Crippen molar-refractivity contribution in [2.45, 2.75) is 6.42 Å². The molecule has 1 aromatic heterocycles. The van der Waals surface area contributed by atoms with Crippen molar-refractivity contribution < 1.29 is 23.7 Å². The zero-order valence-corrected chi connectivity index (χ0v) is 13.5. The maximum absolute atomic E-state index is 5.73. The highest BCUT2D eigenvalue weighted by molar-refractivity contribution is 6.00. The minimum absolute atomic E-state index is 0.456. The molecule has 1 heterocycles. The lowest BCUT2D eigenvalue weighted by Gasteiger charge is -2.17. The monoisotopic (exact) mass is 310 g/mol. The van der Waals surface area contributed by atoms with Crippen LogP contribution in [0.3, 0.4) is 0 Å². The molecule has 7 nitrogen and oxygen atoms in total. The van der Waals surface area contributed by atoms with Crippen molar-refractivity contribution in [3.05, 3.63) is 5.56 Å². The van der Waals surface area contributed by atoms with Gasteiger partial charge < -0.3 is 34.4 Å². The summed E-state index contributed by atoms with van der Waals surface area (Å²) in [5.74, 6) is 2.62. The van der Waals surface area contributed by atoms with Gasteiger partial charge in [0.25, 0.3) is 0 Å². The van der Waals surface area contributed by atoms with Gasteiger partial charge in [0, 0.05) is 5.56 Å². The zero-order valence-electron chi connectivity index (χ0n) is 13.5. The molecule has 3 N–H and O–H groups in total. The van der Waals surface area contributed by atoms with Crippen LogP contribution in [-0.4, -0.2) is 47.1 Å². The second kappa shape index (κ2) is 6.65. The average molecular weight is 310 g/mol. The van der Waals surface area contributed by atoms with E-state index in [0.717, 1.165) is 16.5 Å². The molecule has 0 aliphatic heterocycles. The number of nitrogens with two attached hydrogens (primary N) is 1. The molecule has 1 aromatic carbocycles. The molecule has 0 fully saturated rings. The lowest BCUT2D eigenvalue weighted by atomic mass is 10.1. The number of rotatable bonds is 7. The van der Waals surface area contributed by atoms with Gasteiger partial charge >= 0.3 is 0 Å². The smallest absolute Gasteiger partial charge is 0.209 e. The van der Waals surface area contributed by atoms with Crippen LogP contribution in [0, 0.1) is 0 Å². The molecule has 0 unspecified atom stereocenters. The van der Waals surface area contributed by atoms with Gasteiger partial charge in [0.1, 0.15) is 0 Å². The van der Waals surface area contributed by atoms with E-state index in [4.69, 9.17) is 29.4 Å². The first-order valence-corrected chi connectivity index (χ1v) is 6.82. The van der Waals surface area contributed by atoms with Gasteiger partial charge in [0.05, 0.1) is 46.5 Å². The van der Waals surface area contributed by atoms with E-state index in [9.17, 15) is 0 Å². The Hall–Kier alpha value is -2.28. The van der Waals surface area contributed by atoms with Gasteiger partial charge in [0.15, 0.2) is 17.4 Å². The fraction of sp³-hybridized carbons (Fsp3) is 0.467. The SMILES string of the molecule is COc1[nH]c2c(OC)c(OC)c(OC)c(OC)c2c1CCN. The number of ether oxygens (including phenoxy) is 5. The molecule has 0 amide bonds. The van der Waals surface area contributed by atoms with E-state index in [1.54, 1.807) is 35.5 Å². The van der Waals surface area contributed by atoms with Crippen LogP contribution in [0.1, 0.15) is 5.56 Å². The van der Waals surface area contributed by atoms with Crippen LogP contribution in [0.2, 0.25) is 0 Å². The molecule has 2 aromatic rings. The third kappa shape index (κ3) is 2.27. The molecule has 0 saturated heterocycles. The summed E-state index contributed by atoms with van der Waals surface area (Å²) in [6, 6.07) is 0. The van der Waals surface area contributed by atoms with Crippen LogP contribution in [0.25, 0.3) is 10.9 Å². The number of hydrogen-bond acceptors (Lipinski definition) is 6. The third-order valence-electron chi connectivity index (χ3n) is 3.55. The number of hydrogen-bond donors (Lipinski definition) is 2. The van der Waals surface area contributed by atoms with Gasteiger partial charge in [-0.15, -0.1) is 0 Å². The lowest BCUT2D eigenvalue weighted by molar-refractivity contribution is 0.309. The van der Waals surface area contributed by atoms with Crippen molar-refractivity contribution in [2.75, 3.05) is 42.1 Å². The van der Waals surface area contributed by atoms with Crippen LogP contribution in [0.5, 0.6) is 28.9 Å². The van der Waals surface area contributed by atoms with E-state index >= 15 is 0 Å². The number of aromatic amines is 1. The molecule has 22 heavy (non-hydrogen) atoms. The van der Waals surface area contributed by atoms with Gasteiger partial charge in [-0.25, -0.2) is 0 Å². The molecule has 0 aliphatic carbocycles. The van der Waals surface area contributed by atoms with Crippen molar-refractivity contribution in [1.29, 1.82) is 0 Å². The lowest BCUT2D eigenvalue weighted by Crippen LogP contribution is -2.04. The summed E-state index contributed by atoms with van der Waals surface area (Å²) in [6.07, 6.45) is 0.623. The molecule has 0 bridgehead atoms. The normalized spacial score (nSPS) is 10.6. The van der Waals surface area contributed by atoms with Gasteiger partial charge in [-0.2, -0.15) is 0 Å². The Kier molecular flexibility index (Phi) is 4.87. The first kappa shape index (κ1) is 16.1. The predicted octanol–water partition coefficient (Wildman–Crippen LogP) is 1.71. The van der Waals surface area contributed by atoms with Crippen molar-refractivity contribution in [2.24, 2.45) is 5.73 Å². The van der Waals surface area contributed by atoms with Crippen molar-refractivity contribution in [3.8, 4) is 28.9 Å². The molecular weight excluding hydrogens is 288 g/mol. The van der Waals surface area contributed by atoms with E-state index in [1.165, 1.54) is 0 Å². The Morgan fingerprint density at radius 1 is 0.773 bits per heavy atom. The highest BCUT2D eigenvalue weighted by Gasteiger charge is 2.28. The minimum Gasteiger partial charge on any atom is -0.492 e. The molecular formula is C15H22N2O5. The summed E-state index contributed by atoms with van der Waals surface area (Å²) < 4.78 is 27.4. The number of H-pyrrole nitrogens is 1. The summed E-state index contributed by atoms with van der Waals surface area (Å²) in [6.45, 7) is 0.475. The van der Waals surface area contributed by atoms with Crippen LogP contribution >= 0.6 is 0 Å². The van der Waals surface area contributed by atoms with E-state index < -0.39 is 0 Å². The highest BCUT2D eigenvalue weighted by Crippen LogP contribution is 2.53. The first-order valence-electron chi connectivity index (χ1n) is 6.82. The molecule has 0 atom stereocenters. The standard InChI is InChI=1S/C15H22N2O5/c1-18-11-9-8(6-7-16)15(22-5)17-10(9)12(19-2)14(21-4)13(11)20-3/h17H,6-7,16H2,1-5H3. The summed E-state index contributed by atoms with van der Waals surface area (Å²) in [5, 5.41) is 0.819. The summed E-state index contributed by atoms with van der Waals surface area (Å²) in [7, 11) is 7.84. The van der Waals surface area contributed by atoms with Crippen molar-refractivity contribution >= 4 is 10.9 Å². The summed E-state index contributed by atoms with van der Waals surface area (Å²) in [4.78, 5) is 3.20. The molecule has 0 radical (unpaired) electrons. The number of benzene rings is 1. The summed E-state index contributed by atoms with van der Waals surface area (Å²) in [5.41, 5.74) is 7.36. The van der Waals surface area contributed by atoms with Crippen LogP contribution in [0.4, 0.5) is 0 Å². The zero-order chi connectivity index (χ0) is 16.3. The molecule has 2 rings (SSSR count). The summed E-state index contributed by atoms with van der Waals surface area (Å²) >= 11 is 0. The Labute approximate surface area is 129 Å². The fourth-order valence-corrected chi connectivity index (χ4v) is 2.69. The fourth-order valence-electron chi connectivity index (χ4n) is 2.69. The predicted molar refractivity (Wildman–Crippen MR) is 83.8 cm³/mol. The van der Waals surface area contributed by atoms with Crippen molar-refractivity contribution in [1.82, 2.24) is 4.98 Å². The Bertz CT molecular complexity index is 666.